The molecule has 0 atom stereocenters. The predicted octanol–water partition coefficient (Wildman–Crippen LogP) is 4.94. The summed E-state index contributed by atoms with van der Waals surface area (Å²) in [7, 11) is 0. The lowest BCUT2D eigenvalue weighted by Gasteiger charge is -2.14. The number of halogens is 5. The van der Waals surface area contributed by atoms with E-state index in [1.54, 1.807) is 6.07 Å². The maximum atomic E-state index is 13.0. The van der Waals surface area contributed by atoms with Crippen LogP contribution in [0.15, 0.2) is 42.5 Å². The van der Waals surface area contributed by atoms with Crippen molar-refractivity contribution in [3.8, 4) is 5.75 Å². The molecule has 0 heterocycles. The Bertz CT molecular complexity index is 631. The highest BCUT2D eigenvalue weighted by molar-refractivity contribution is 14.1. The quantitative estimate of drug-likeness (QED) is 0.569. The minimum Gasteiger partial charge on any atom is -0.405 e. The van der Waals surface area contributed by atoms with Crippen LogP contribution in [0.1, 0.15) is 5.56 Å². The molecule has 2 nitrogen and oxygen atoms in total. The Kier molecular flexibility index (Phi) is 4.92. The number of hydrogen-bond acceptors (Lipinski definition) is 2. The second-order valence-corrected chi connectivity index (χ2v) is 5.30. The van der Waals surface area contributed by atoms with Gasteiger partial charge in [-0.15, -0.1) is 13.2 Å². The normalized spacial score (nSPS) is 11.3. The zero-order chi connectivity index (χ0) is 15.5. The van der Waals surface area contributed by atoms with Crippen molar-refractivity contribution < 1.29 is 22.3 Å². The molecule has 0 amide bonds. The van der Waals surface area contributed by atoms with Gasteiger partial charge in [-0.2, -0.15) is 0 Å². The summed E-state index contributed by atoms with van der Waals surface area (Å²) in [5.74, 6) is -0.625. The van der Waals surface area contributed by atoms with E-state index in [4.69, 9.17) is 0 Å². The van der Waals surface area contributed by atoms with Crippen LogP contribution in [-0.4, -0.2) is 6.36 Å². The molecule has 0 aliphatic rings. The lowest BCUT2D eigenvalue weighted by Crippen LogP contribution is -2.18. The Morgan fingerprint density at radius 2 is 1.81 bits per heavy atom. The standard InChI is InChI=1S/C14H10F4INO/c15-10-5-6-12(11(19)7-10)20-8-9-3-1-2-4-13(9)21-14(16,17)18/h1-7,20H,8H2. The molecule has 0 aromatic heterocycles. The monoisotopic (exact) mass is 411 g/mol. The Morgan fingerprint density at radius 3 is 2.48 bits per heavy atom. The van der Waals surface area contributed by atoms with E-state index in [2.05, 4.69) is 10.1 Å². The minimum atomic E-state index is -4.74. The number of hydrogen-bond donors (Lipinski definition) is 1. The van der Waals surface area contributed by atoms with E-state index in [1.807, 2.05) is 22.6 Å². The SMILES string of the molecule is Fc1ccc(NCc2ccccc2OC(F)(F)F)c(I)c1. The average Bonchev–Trinajstić information content (AvgIpc) is 2.37. The van der Waals surface area contributed by atoms with Crippen LogP contribution in [-0.2, 0) is 6.54 Å². The van der Waals surface area contributed by atoms with E-state index in [0.717, 1.165) is 0 Å². The predicted molar refractivity (Wildman–Crippen MR) is 79.6 cm³/mol. The van der Waals surface area contributed by atoms with E-state index in [9.17, 15) is 17.6 Å². The largest absolute Gasteiger partial charge is 0.573 e. The van der Waals surface area contributed by atoms with Gasteiger partial charge in [-0.05, 0) is 46.9 Å². The summed E-state index contributed by atoms with van der Waals surface area (Å²) >= 11 is 1.95. The molecule has 0 radical (unpaired) electrons. The van der Waals surface area contributed by atoms with Gasteiger partial charge in [-0.1, -0.05) is 18.2 Å². The van der Waals surface area contributed by atoms with Crippen molar-refractivity contribution in [3.05, 3.63) is 57.4 Å². The van der Waals surface area contributed by atoms with Crippen molar-refractivity contribution in [2.75, 3.05) is 5.32 Å². The summed E-state index contributed by atoms with van der Waals surface area (Å²) in [4.78, 5) is 0. The van der Waals surface area contributed by atoms with E-state index < -0.39 is 6.36 Å². The first-order chi connectivity index (χ1) is 9.85. The second kappa shape index (κ2) is 6.50. The molecule has 0 saturated heterocycles. The molecule has 2 aromatic rings. The van der Waals surface area contributed by atoms with E-state index in [1.165, 1.54) is 36.4 Å². The first-order valence-electron chi connectivity index (χ1n) is 5.88. The van der Waals surface area contributed by atoms with E-state index in [0.29, 0.717) is 14.8 Å². The summed E-state index contributed by atoms with van der Waals surface area (Å²) in [6.45, 7) is 0.133. The molecule has 7 heteroatoms. The lowest BCUT2D eigenvalue weighted by molar-refractivity contribution is -0.274. The fourth-order valence-corrected chi connectivity index (χ4v) is 2.37. The Hall–Kier alpha value is -1.51. The first kappa shape index (κ1) is 15.9. The molecule has 112 valence electrons. The molecule has 0 spiro atoms. The smallest absolute Gasteiger partial charge is 0.405 e. The Morgan fingerprint density at radius 1 is 1.10 bits per heavy atom. The fraction of sp³-hybridized carbons (Fsp3) is 0.143. The highest BCUT2D eigenvalue weighted by atomic mass is 127. The van der Waals surface area contributed by atoms with Crippen molar-refractivity contribution in [2.45, 2.75) is 12.9 Å². The molecular formula is C14H10F4INO. The molecule has 0 fully saturated rings. The van der Waals surface area contributed by atoms with Crippen molar-refractivity contribution >= 4 is 28.3 Å². The van der Waals surface area contributed by atoms with Crippen LogP contribution in [0.25, 0.3) is 0 Å². The van der Waals surface area contributed by atoms with E-state index >= 15 is 0 Å². The van der Waals surface area contributed by atoms with E-state index in [-0.39, 0.29) is 18.1 Å². The Balaban J connectivity index is 2.13. The van der Waals surface area contributed by atoms with Gasteiger partial charge in [-0.25, -0.2) is 4.39 Å². The molecule has 0 aliphatic heterocycles. The second-order valence-electron chi connectivity index (χ2n) is 4.13. The Labute approximate surface area is 132 Å². The highest BCUT2D eigenvalue weighted by Crippen LogP contribution is 2.27. The van der Waals surface area contributed by atoms with Crippen molar-refractivity contribution in [2.24, 2.45) is 0 Å². The van der Waals surface area contributed by atoms with Gasteiger partial charge in [0.15, 0.2) is 0 Å². The number of alkyl halides is 3. The first-order valence-corrected chi connectivity index (χ1v) is 6.95. The van der Waals surface area contributed by atoms with Crippen LogP contribution in [0.4, 0.5) is 23.2 Å². The molecule has 0 saturated carbocycles. The maximum Gasteiger partial charge on any atom is 0.573 e. The maximum absolute atomic E-state index is 13.0. The molecule has 2 aromatic carbocycles. The van der Waals surface area contributed by atoms with Crippen LogP contribution >= 0.6 is 22.6 Å². The van der Waals surface area contributed by atoms with Crippen LogP contribution in [0.2, 0.25) is 0 Å². The number of benzene rings is 2. The van der Waals surface area contributed by atoms with Crippen LogP contribution in [0.3, 0.4) is 0 Å². The van der Waals surface area contributed by atoms with Gasteiger partial charge in [0.25, 0.3) is 0 Å². The molecule has 0 unspecified atom stereocenters. The zero-order valence-corrected chi connectivity index (χ0v) is 12.7. The third-order valence-corrected chi connectivity index (χ3v) is 3.49. The summed E-state index contributed by atoms with van der Waals surface area (Å²) in [5.41, 5.74) is 0.994. The molecule has 1 N–H and O–H groups in total. The van der Waals surface area contributed by atoms with Gasteiger partial charge in [0, 0.05) is 21.4 Å². The van der Waals surface area contributed by atoms with Crippen molar-refractivity contribution in [1.82, 2.24) is 0 Å². The van der Waals surface area contributed by atoms with Gasteiger partial charge in [0.1, 0.15) is 11.6 Å². The minimum absolute atomic E-state index is 0.133. The zero-order valence-electron chi connectivity index (χ0n) is 10.5. The molecule has 0 aliphatic carbocycles. The summed E-state index contributed by atoms with van der Waals surface area (Å²) < 4.78 is 54.5. The summed E-state index contributed by atoms with van der Waals surface area (Å²) in [6.07, 6.45) is -4.74. The molecule has 2 rings (SSSR count). The molecule has 0 bridgehead atoms. The number of nitrogens with one attached hydrogen (secondary N) is 1. The van der Waals surface area contributed by atoms with Crippen LogP contribution in [0.5, 0.6) is 5.75 Å². The number of ether oxygens (including phenoxy) is 1. The van der Waals surface area contributed by atoms with Gasteiger partial charge in [-0.3, -0.25) is 0 Å². The van der Waals surface area contributed by atoms with Crippen LogP contribution in [0, 0.1) is 9.39 Å². The third-order valence-electron chi connectivity index (χ3n) is 2.60. The van der Waals surface area contributed by atoms with Gasteiger partial charge >= 0.3 is 6.36 Å². The topological polar surface area (TPSA) is 21.3 Å². The molecular weight excluding hydrogens is 401 g/mol. The highest BCUT2D eigenvalue weighted by Gasteiger charge is 2.31. The van der Waals surface area contributed by atoms with Crippen molar-refractivity contribution in [3.63, 3.8) is 0 Å². The summed E-state index contributed by atoms with van der Waals surface area (Å²) in [5, 5.41) is 2.96. The van der Waals surface area contributed by atoms with Crippen LogP contribution < -0.4 is 10.1 Å². The van der Waals surface area contributed by atoms with Gasteiger partial charge < -0.3 is 10.1 Å². The van der Waals surface area contributed by atoms with Gasteiger partial charge in [0.05, 0.1) is 0 Å². The average molecular weight is 411 g/mol. The van der Waals surface area contributed by atoms with Gasteiger partial charge in [0.2, 0.25) is 0 Å². The fourth-order valence-electron chi connectivity index (χ4n) is 1.70. The number of anilines is 1. The molecule has 21 heavy (non-hydrogen) atoms. The third kappa shape index (κ3) is 4.76. The number of para-hydroxylation sites is 1. The van der Waals surface area contributed by atoms with Crippen molar-refractivity contribution in [1.29, 1.82) is 0 Å². The lowest BCUT2D eigenvalue weighted by atomic mass is 10.2. The summed E-state index contributed by atoms with van der Waals surface area (Å²) in [6, 6.07) is 10.0. The number of rotatable bonds is 4.